The SMILES string of the molecule is CC(C)(C)c1cc[c]([Zn+])cc1.[Br-]. The Hall–Kier alpha value is 0.323. The van der Waals surface area contributed by atoms with Crippen LogP contribution in [0.5, 0.6) is 0 Å². The first kappa shape index (κ1) is 12.3. The molecule has 0 amide bonds. The molecule has 0 spiro atoms. The van der Waals surface area contributed by atoms with Crippen molar-refractivity contribution in [3.63, 3.8) is 0 Å². The van der Waals surface area contributed by atoms with Crippen LogP contribution in [0.3, 0.4) is 0 Å². The van der Waals surface area contributed by atoms with E-state index in [0.29, 0.717) is 5.41 Å². The van der Waals surface area contributed by atoms with Crippen molar-refractivity contribution in [2.75, 3.05) is 0 Å². The van der Waals surface area contributed by atoms with E-state index in [1.807, 2.05) is 0 Å². The van der Waals surface area contributed by atoms with Crippen molar-refractivity contribution >= 4 is 4.16 Å². The van der Waals surface area contributed by atoms with Gasteiger partial charge in [-0.2, -0.15) is 0 Å². The van der Waals surface area contributed by atoms with E-state index in [0.717, 1.165) is 0 Å². The Balaban J connectivity index is 0.00000121. The molecule has 0 aliphatic heterocycles. The van der Waals surface area contributed by atoms with Gasteiger partial charge >= 0.3 is 78.5 Å². The number of rotatable bonds is 0. The van der Waals surface area contributed by atoms with Gasteiger partial charge in [0, 0.05) is 0 Å². The summed E-state index contributed by atoms with van der Waals surface area (Å²) in [5.41, 5.74) is 1.72. The van der Waals surface area contributed by atoms with Gasteiger partial charge in [0.15, 0.2) is 0 Å². The van der Waals surface area contributed by atoms with Crippen LogP contribution in [0, 0.1) is 0 Å². The van der Waals surface area contributed by atoms with E-state index in [4.69, 9.17) is 0 Å². The fourth-order valence-corrected chi connectivity index (χ4v) is 1.50. The summed E-state index contributed by atoms with van der Waals surface area (Å²) in [6.07, 6.45) is 0. The van der Waals surface area contributed by atoms with E-state index in [9.17, 15) is 0 Å². The monoisotopic (exact) mass is 276 g/mol. The zero-order valence-corrected chi connectivity index (χ0v) is 12.4. The first-order chi connectivity index (χ1) is 5.00. The number of hydrogen-bond acceptors (Lipinski definition) is 0. The van der Waals surface area contributed by atoms with Gasteiger partial charge in [-0.25, -0.2) is 0 Å². The minimum atomic E-state index is 0. The van der Waals surface area contributed by atoms with Gasteiger partial charge in [0.1, 0.15) is 0 Å². The predicted octanol–water partition coefficient (Wildman–Crippen LogP) is -0.840. The summed E-state index contributed by atoms with van der Waals surface area (Å²) >= 11 is 1.25. The first-order valence-electron chi connectivity index (χ1n) is 3.92. The van der Waals surface area contributed by atoms with Gasteiger partial charge in [0.2, 0.25) is 0 Å². The Kier molecular flexibility index (Phi) is 4.65. The van der Waals surface area contributed by atoms with Crippen LogP contribution < -0.4 is 21.1 Å². The van der Waals surface area contributed by atoms with Gasteiger partial charge in [-0.15, -0.1) is 0 Å². The van der Waals surface area contributed by atoms with E-state index in [2.05, 4.69) is 45.0 Å². The summed E-state index contributed by atoms with van der Waals surface area (Å²) in [5, 5.41) is 0. The van der Waals surface area contributed by atoms with Crippen LogP contribution in [0.1, 0.15) is 26.3 Å². The third kappa shape index (κ3) is 3.37. The molecule has 0 atom stereocenters. The van der Waals surface area contributed by atoms with Crippen LogP contribution in [0.25, 0.3) is 0 Å². The van der Waals surface area contributed by atoms with E-state index >= 15 is 0 Å². The molecule has 62 valence electrons. The fraction of sp³-hybridized carbons (Fsp3) is 0.400. The minimum absolute atomic E-state index is 0. The van der Waals surface area contributed by atoms with Crippen LogP contribution >= 0.6 is 0 Å². The van der Waals surface area contributed by atoms with Gasteiger partial charge < -0.3 is 17.0 Å². The predicted molar refractivity (Wildman–Crippen MR) is 44.8 cm³/mol. The molecular weight excluding hydrogens is 265 g/mol. The molecule has 0 saturated heterocycles. The first-order valence-corrected chi connectivity index (χ1v) is 5.41. The van der Waals surface area contributed by atoms with Crippen LogP contribution in [-0.4, -0.2) is 0 Å². The number of halogens is 1. The smallest absolute Gasteiger partial charge is 1.00 e. The van der Waals surface area contributed by atoms with E-state index in [-0.39, 0.29) is 17.0 Å². The fourth-order valence-electron chi connectivity index (χ4n) is 1.00. The summed E-state index contributed by atoms with van der Waals surface area (Å²) in [5.74, 6) is 0. The third-order valence-electron chi connectivity index (χ3n) is 1.82. The maximum Gasteiger partial charge on any atom is -1.00 e. The zero-order chi connectivity index (χ0) is 8.48. The molecule has 0 nitrogen and oxygen atoms in total. The Morgan fingerprint density at radius 2 is 1.42 bits per heavy atom. The molecule has 0 aromatic heterocycles. The normalized spacial score (nSPS) is 10.8. The maximum absolute atomic E-state index is 2.24. The zero-order valence-electron chi connectivity index (χ0n) is 7.89. The molecule has 0 radical (unpaired) electrons. The Labute approximate surface area is 95.2 Å². The molecule has 12 heavy (non-hydrogen) atoms. The quantitative estimate of drug-likeness (QED) is 0.543. The van der Waals surface area contributed by atoms with Crippen molar-refractivity contribution in [1.82, 2.24) is 0 Å². The second-order valence-electron chi connectivity index (χ2n) is 3.95. The molecular formula is C10H13BrZn. The summed E-state index contributed by atoms with van der Waals surface area (Å²) in [4.78, 5) is 0. The van der Waals surface area contributed by atoms with Crippen molar-refractivity contribution in [1.29, 1.82) is 0 Å². The standard InChI is InChI=1S/C10H13.BrH.Zn/c1-10(2,3)9-7-5-4-6-8-9;;/h5-8H,1-3H3;1H;/q;;+1/p-1. The van der Waals surface area contributed by atoms with E-state index < -0.39 is 0 Å². The topological polar surface area (TPSA) is 0 Å². The van der Waals surface area contributed by atoms with Crippen molar-refractivity contribution in [2.24, 2.45) is 0 Å². The number of hydrogen-bond donors (Lipinski definition) is 0. The molecule has 0 aliphatic carbocycles. The molecule has 0 heterocycles. The van der Waals surface area contributed by atoms with Gasteiger partial charge in [-0.1, -0.05) is 0 Å². The average Bonchev–Trinajstić information content (AvgIpc) is 1.86. The van der Waals surface area contributed by atoms with Crippen molar-refractivity contribution in [3.8, 4) is 0 Å². The average molecular weight is 279 g/mol. The Bertz CT molecular complexity index is 233. The van der Waals surface area contributed by atoms with Crippen LogP contribution in [0.4, 0.5) is 0 Å². The molecule has 2 heteroatoms. The number of benzene rings is 1. The van der Waals surface area contributed by atoms with Crippen molar-refractivity contribution in [2.45, 2.75) is 26.2 Å². The van der Waals surface area contributed by atoms with Gasteiger partial charge in [-0.3, -0.25) is 0 Å². The maximum atomic E-state index is 2.24. The van der Waals surface area contributed by atoms with E-state index in [1.54, 1.807) is 0 Å². The Morgan fingerprint density at radius 1 is 1.00 bits per heavy atom. The molecule has 1 rings (SSSR count). The molecule has 0 unspecified atom stereocenters. The van der Waals surface area contributed by atoms with Gasteiger partial charge in [-0.05, 0) is 0 Å². The second kappa shape index (κ2) is 4.53. The molecule has 0 aliphatic rings. The molecule has 1 aromatic carbocycles. The molecule has 0 saturated carbocycles. The minimum Gasteiger partial charge on any atom is -1.00 e. The summed E-state index contributed by atoms with van der Waals surface area (Å²) < 4.78 is 1.46. The molecule has 0 N–H and O–H groups in total. The van der Waals surface area contributed by atoms with E-state index in [1.165, 1.54) is 28.0 Å². The van der Waals surface area contributed by atoms with Crippen LogP contribution in [-0.2, 0) is 23.7 Å². The van der Waals surface area contributed by atoms with Gasteiger partial charge in [0.05, 0.1) is 0 Å². The molecule has 0 bridgehead atoms. The van der Waals surface area contributed by atoms with Crippen molar-refractivity contribution < 1.29 is 35.3 Å². The third-order valence-corrected chi connectivity index (χ3v) is 2.81. The van der Waals surface area contributed by atoms with Crippen LogP contribution in [0.2, 0.25) is 0 Å². The Morgan fingerprint density at radius 3 is 1.75 bits per heavy atom. The molecule has 1 aromatic rings. The summed E-state index contributed by atoms with van der Waals surface area (Å²) in [6, 6.07) is 8.92. The van der Waals surface area contributed by atoms with Gasteiger partial charge in [0.25, 0.3) is 0 Å². The largest absolute Gasteiger partial charge is 1.00 e. The van der Waals surface area contributed by atoms with Crippen molar-refractivity contribution in [3.05, 3.63) is 29.8 Å². The summed E-state index contributed by atoms with van der Waals surface area (Å²) in [7, 11) is 0. The summed E-state index contributed by atoms with van der Waals surface area (Å²) in [6.45, 7) is 6.73. The second-order valence-corrected chi connectivity index (χ2v) is 5.66. The molecule has 0 fully saturated rings. The van der Waals surface area contributed by atoms with Crippen LogP contribution in [0.15, 0.2) is 24.3 Å².